The highest BCUT2D eigenvalue weighted by atomic mass is 79.9. The molecule has 0 atom stereocenters. The largest absolute Gasteiger partial charge is 0.293 e. The van der Waals surface area contributed by atoms with Gasteiger partial charge in [0.05, 0.1) is 10.6 Å². The number of hydrogen-bond acceptors (Lipinski definition) is 6. The molecular formula is C27H25BrN4O3S2. The van der Waals surface area contributed by atoms with E-state index in [-0.39, 0.29) is 16.4 Å². The zero-order valence-corrected chi connectivity index (χ0v) is 23.2. The van der Waals surface area contributed by atoms with Gasteiger partial charge in [-0.2, -0.15) is 4.31 Å². The third-order valence-corrected chi connectivity index (χ3v) is 9.54. The van der Waals surface area contributed by atoms with E-state index in [1.54, 1.807) is 34.6 Å². The fourth-order valence-corrected chi connectivity index (χ4v) is 6.93. The van der Waals surface area contributed by atoms with Crippen molar-refractivity contribution in [3.05, 3.63) is 88.9 Å². The number of hydrogen-bond donors (Lipinski definition) is 0. The molecule has 2 heterocycles. The first kappa shape index (κ1) is 25.8. The molecule has 0 amide bonds. The summed E-state index contributed by atoms with van der Waals surface area (Å²) in [6, 6.07) is 23.7. The molecule has 0 unspecified atom stereocenters. The third kappa shape index (κ3) is 5.72. The Bertz CT molecular complexity index is 1500. The van der Waals surface area contributed by atoms with Crippen molar-refractivity contribution in [1.82, 2.24) is 19.1 Å². The van der Waals surface area contributed by atoms with Gasteiger partial charge in [-0.15, -0.1) is 10.2 Å². The highest BCUT2D eigenvalue weighted by Gasteiger charge is 2.27. The summed E-state index contributed by atoms with van der Waals surface area (Å²) in [7, 11) is -3.60. The van der Waals surface area contributed by atoms with Gasteiger partial charge in [-0.3, -0.25) is 9.36 Å². The molecule has 0 spiro atoms. The van der Waals surface area contributed by atoms with E-state index in [0.717, 1.165) is 29.4 Å². The van der Waals surface area contributed by atoms with Gasteiger partial charge < -0.3 is 0 Å². The first-order chi connectivity index (χ1) is 17.9. The van der Waals surface area contributed by atoms with Gasteiger partial charge in [0, 0.05) is 34.4 Å². The molecule has 1 saturated heterocycles. The monoisotopic (exact) mass is 596 g/mol. The number of benzene rings is 3. The molecule has 37 heavy (non-hydrogen) atoms. The van der Waals surface area contributed by atoms with Crippen molar-refractivity contribution in [2.24, 2.45) is 0 Å². The van der Waals surface area contributed by atoms with Crippen molar-refractivity contribution >= 4 is 43.5 Å². The van der Waals surface area contributed by atoms with Gasteiger partial charge >= 0.3 is 0 Å². The van der Waals surface area contributed by atoms with Crippen LogP contribution in [0.3, 0.4) is 0 Å². The second-order valence-corrected chi connectivity index (χ2v) is 12.5. The Hall–Kier alpha value is -2.79. The zero-order chi connectivity index (χ0) is 25.8. The van der Waals surface area contributed by atoms with Crippen LogP contribution in [0, 0.1) is 0 Å². The van der Waals surface area contributed by atoms with E-state index in [1.807, 2.05) is 53.1 Å². The predicted molar refractivity (Wildman–Crippen MR) is 149 cm³/mol. The maximum atomic E-state index is 13.3. The highest BCUT2D eigenvalue weighted by Crippen LogP contribution is 2.30. The maximum Gasteiger partial charge on any atom is 0.243 e. The minimum absolute atomic E-state index is 0.0173. The molecule has 1 aliphatic rings. The van der Waals surface area contributed by atoms with Crippen LogP contribution < -0.4 is 0 Å². The molecule has 3 aromatic carbocycles. The Morgan fingerprint density at radius 2 is 1.62 bits per heavy atom. The third-order valence-electron chi connectivity index (χ3n) is 6.19. The quantitative estimate of drug-likeness (QED) is 0.187. The van der Waals surface area contributed by atoms with E-state index in [2.05, 4.69) is 26.1 Å². The van der Waals surface area contributed by atoms with Crippen molar-refractivity contribution in [2.75, 3.05) is 18.8 Å². The van der Waals surface area contributed by atoms with Gasteiger partial charge in [-0.25, -0.2) is 8.42 Å². The minimum atomic E-state index is -3.60. The SMILES string of the molecule is O=C(CSc1nnc(-c2cccc(S(=O)(=O)N3CCCCC3)c2)n1-c1ccccc1)c1ccc(Br)cc1. The molecule has 7 nitrogen and oxygen atoms in total. The number of rotatable bonds is 8. The first-order valence-corrected chi connectivity index (χ1v) is 15.2. The summed E-state index contributed by atoms with van der Waals surface area (Å²) in [5.74, 6) is 0.687. The van der Waals surface area contributed by atoms with Crippen LogP contribution in [0.4, 0.5) is 0 Å². The molecule has 1 aliphatic heterocycles. The van der Waals surface area contributed by atoms with E-state index in [0.29, 0.717) is 35.2 Å². The van der Waals surface area contributed by atoms with Crippen molar-refractivity contribution in [3.63, 3.8) is 0 Å². The predicted octanol–water partition coefficient (Wildman–Crippen LogP) is 5.85. The standard InChI is InChI=1S/C27H25BrN4O3S2/c28-22-14-12-20(13-15-22)25(33)19-36-27-30-29-26(32(27)23-9-3-1-4-10-23)21-8-7-11-24(18-21)37(34,35)31-16-5-2-6-17-31/h1,3-4,7-15,18H,2,5-6,16-17,19H2. The molecule has 4 aromatic rings. The summed E-state index contributed by atoms with van der Waals surface area (Å²) in [6.07, 6.45) is 2.80. The van der Waals surface area contributed by atoms with Gasteiger partial charge in [-0.05, 0) is 49.2 Å². The molecule has 0 aliphatic carbocycles. The number of para-hydroxylation sites is 1. The normalized spacial score (nSPS) is 14.5. The summed E-state index contributed by atoms with van der Waals surface area (Å²) in [5, 5.41) is 9.37. The average Bonchev–Trinajstić information content (AvgIpc) is 3.37. The Morgan fingerprint density at radius 3 is 2.35 bits per heavy atom. The van der Waals surface area contributed by atoms with Crippen LogP contribution in [-0.2, 0) is 10.0 Å². The lowest BCUT2D eigenvalue weighted by atomic mass is 10.2. The van der Waals surface area contributed by atoms with Crippen LogP contribution in [0.25, 0.3) is 17.1 Å². The number of Topliss-reactive ketones (excluding diaryl/α,β-unsaturated/α-hetero) is 1. The van der Waals surface area contributed by atoms with E-state index in [9.17, 15) is 13.2 Å². The van der Waals surface area contributed by atoms with Gasteiger partial charge in [0.25, 0.3) is 0 Å². The van der Waals surface area contributed by atoms with Crippen molar-refractivity contribution in [1.29, 1.82) is 0 Å². The van der Waals surface area contributed by atoms with Crippen LogP contribution in [0.15, 0.2) is 93.4 Å². The zero-order valence-electron chi connectivity index (χ0n) is 20.0. The number of aromatic nitrogens is 3. The van der Waals surface area contributed by atoms with Crippen LogP contribution in [-0.4, -0.2) is 52.1 Å². The van der Waals surface area contributed by atoms with Crippen molar-refractivity contribution < 1.29 is 13.2 Å². The molecule has 0 N–H and O–H groups in total. The van der Waals surface area contributed by atoms with Crippen molar-refractivity contribution in [3.8, 4) is 17.1 Å². The number of carbonyl (C=O) groups excluding carboxylic acids is 1. The van der Waals surface area contributed by atoms with E-state index in [1.165, 1.54) is 11.8 Å². The van der Waals surface area contributed by atoms with E-state index < -0.39 is 10.0 Å². The molecule has 0 radical (unpaired) electrons. The Labute approximate surface area is 229 Å². The second kappa shape index (κ2) is 11.3. The summed E-state index contributed by atoms with van der Waals surface area (Å²) >= 11 is 4.69. The van der Waals surface area contributed by atoms with Gasteiger partial charge in [0.2, 0.25) is 10.0 Å². The molecule has 10 heteroatoms. The fourth-order valence-electron chi connectivity index (χ4n) is 4.26. The lowest BCUT2D eigenvalue weighted by Gasteiger charge is -2.26. The topological polar surface area (TPSA) is 85.2 Å². The molecule has 0 bridgehead atoms. The number of nitrogens with zero attached hydrogens (tertiary/aromatic N) is 4. The summed E-state index contributed by atoms with van der Waals surface area (Å²) in [4.78, 5) is 13.0. The molecule has 5 rings (SSSR count). The average molecular weight is 598 g/mol. The molecule has 0 saturated carbocycles. The highest BCUT2D eigenvalue weighted by molar-refractivity contribution is 9.10. The number of halogens is 1. The molecule has 1 aromatic heterocycles. The number of carbonyl (C=O) groups is 1. The Kier molecular flexibility index (Phi) is 7.89. The van der Waals surface area contributed by atoms with Gasteiger partial charge in [-0.1, -0.05) is 76.6 Å². The van der Waals surface area contributed by atoms with Gasteiger partial charge in [0.1, 0.15) is 0 Å². The minimum Gasteiger partial charge on any atom is -0.293 e. The van der Waals surface area contributed by atoms with E-state index in [4.69, 9.17) is 0 Å². The lowest BCUT2D eigenvalue weighted by Crippen LogP contribution is -2.35. The Morgan fingerprint density at radius 1 is 0.892 bits per heavy atom. The summed E-state index contributed by atoms with van der Waals surface area (Å²) in [5.41, 5.74) is 2.09. The van der Waals surface area contributed by atoms with E-state index >= 15 is 0 Å². The lowest BCUT2D eigenvalue weighted by molar-refractivity contribution is 0.102. The second-order valence-electron chi connectivity index (χ2n) is 8.69. The Balaban J connectivity index is 1.48. The molecule has 190 valence electrons. The smallest absolute Gasteiger partial charge is 0.243 e. The number of sulfonamides is 1. The van der Waals surface area contributed by atoms with Crippen LogP contribution in [0.5, 0.6) is 0 Å². The maximum absolute atomic E-state index is 13.3. The van der Waals surface area contributed by atoms with Gasteiger partial charge in [0.15, 0.2) is 16.8 Å². The number of piperidine rings is 1. The first-order valence-electron chi connectivity index (χ1n) is 12.0. The fraction of sp³-hybridized carbons (Fsp3) is 0.222. The summed E-state index contributed by atoms with van der Waals surface area (Å²) < 4.78 is 30.9. The summed E-state index contributed by atoms with van der Waals surface area (Å²) in [6.45, 7) is 1.08. The molecule has 1 fully saturated rings. The number of thioether (sulfide) groups is 1. The van der Waals surface area contributed by atoms with Crippen LogP contribution >= 0.6 is 27.7 Å². The van der Waals surface area contributed by atoms with Crippen LogP contribution in [0.2, 0.25) is 0 Å². The van der Waals surface area contributed by atoms with Crippen LogP contribution in [0.1, 0.15) is 29.6 Å². The number of ketones is 1. The molecular weight excluding hydrogens is 572 g/mol. The van der Waals surface area contributed by atoms with Crippen molar-refractivity contribution in [2.45, 2.75) is 29.3 Å².